The first-order valence-corrected chi connectivity index (χ1v) is 9.24. The van der Waals surface area contributed by atoms with Crippen molar-refractivity contribution in [3.05, 3.63) is 0 Å². The minimum atomic E-state index is -0.136. The van der Waals surface area contributed by atoms with E-state index in [1.807, 2.05) is 0 Å². The third kappa shape index (κ3) is 2.73. The van der Waals surface area contributed by atoms with E-state index in [1.54, 1.807) is 0 Å². The lowest BCUT2D eigenvalue weighted by atomic mass is 9.44. The second kappa shape index (κ2) is 5.15. The van der Waals surface area contributed by atoms with Crippen LogP contribution in [0, 0.1) is 22.7 Å². The Bertz CT molecular complexity index is 421. The van der Waals surface area contributed by atoms with Gasteiger partial charge in [0.15, 0.2) is 0 Å². The van der Waals surface area contributed by atoms with Crippen molar-refractivity contribution < 1.29 is 4.79 Å². The molecule has 3 atom stereocenters. The molecule has 0 spiro atoms. The molecule has 1 amide bonds. The monoisotopic (exact) mass is 311 g/mol. The highest BCUT2D eigenvalue weighted by atomic mass is 35.5. The van der Waals surface area contributed by atoms with Crippen molar-refractivity contribution in [3.8, 4) is 0 Å². The predicted octanol–water partition coefficient (Wildman–Crippen LogP) is 4.51. The summed E-state index contributed by atoms with van der Waals surface area (Å²) in [5.74, 6) is 2.53. The maximum atomic E-state index is 13.1. The van der Waals surface area contributed by atoms with Crippen LogP contribution in [0.25, 0.3) is 0 Å². The molecule has 2 nitrogen and oxygen atoms in total. The third-order valence-electron chi connectivity index (χ3n) is 6.68. The lowest BCUT2D eigenvalue weighted by Crippen LogP contribution is -2.60. The van der Waals surface area contributed by atoms with Gasteiger partial charge in [-0.2, -0.15) is 0 Å². The van der Waals surface area contributed by atoms with Crippen LogP contribution in [-0.2, 0) is 4.79 Å². The Hall–Kier alpha value is -0.240. The van der Waals surface area contributed by atoms with Crippen molar-refractivity contribution in [3.63, 3.8) is 0 Å². The number of carbonyl (C=O) groups excluding carboxylic acids is 1. The van der Waals surface area contributed by atoms with E-state index in [1.165, 1.54) is 19.3 Å². The molecule has 4 aliphatic rings. The van der Waals surface area contributed by atoms with Gasteiger partial charge in [-0.15, -0.1) is 11.6 Å². The largest absolute Gasteiger partial charge is 0.350 e. The van der Waals surface area contributed by atoms with Gasteiger partial charge in [0, 0.05) is 11.4 Å². The maximum Gasteiger partial charge on any atom is 0.226 e. The lowest BCUT2D eigenvalue weighted by Gasteiger charge is -2.60. The van der Waals surface area contributed by atoms with Gasteiger partial charge in [0.1, 0.15) is 0 Å². The Morgan fingerprint density at radius 3 is 2.38 bits per heavy atom. The Morgan fingerprint density at radius 1 is 1.29 bits per heavy atom. The Kier molecular flexibility index (Phi) is 3.83. The van der Waals surface area contributed by atoms with Gasteiger partial charge < -0.3 is 5.32 Å². The number of amides is 1. The van der Waals surface area contributed by atoms with Crippen molar-refractivity contribution in [2.24, 2.45) is 22.7 Å². The Balaban J connectivity index is 1.78. The van der Waals surface area contributed by atoms with E-state index >= 15 is 0 Å². The second-order valence-electron chi connectivity index (χ2n) is 8.86. The van der Waals surface area contributed by atoms with Crippen LogP contribution in [0.4, 0.5) is 0 Å². The molecule has 0 radical (unpaired) electrons. The first-order valence-electron chi connectivity index (χ1n) is 8.71. The average molecular weight is 312 g/mol. The van der Waals surface area contributed by atoms with E-state index in [0.29, 0.717) is 17.2 Å². The number of hydrogen-bond acceptors (Lipinski definition) is 1. The first kappa shape index (κ1) is 15.6. The van der Waals surface area contributed by atoms with E-state index in [-0.39, 0.29) is 11.0 Å². The number of alkyl halides is 1. The van der Waals surface area contributed by atoms with Gasteiger partial charge in [-0.3, -0.25) is 4.79 Å². The highest BCUT2D eigenvalue weighted by molar-refractivity contribution is 6.17. The highest BCUT2D eigenvalue weighted by Crippen LogP contribution is 2.65. The smallest absolute Gasteiger partial charge is 0.226 e. The fraction of sp³-hybridized carbons (Fsp3) is 0.944. The van der Waals surface area contributed by atoms with Gasteiger partial charge in [0.25, 0.3) is 0 Å². The Labute approximate surface area is 134 Å². The van der Waals surface area contributed by atoms with Crippen LogP contribution < -0.4 is 5.32 Å². The number of halogens is 1. The lowest BCUT2D eigenvalue weighted by molar-refractivity contribution is -0.157. The summed E-state index contributed by atoms with van der Waals surface area (Å²) in [6.45, 7) is 6.72. The van der Waals surface area contributed by atoms with Crippen LogP contribution in [-0.4, -0.2) is 17.3 Å². The standard InChI is InChI=1S/C18H30ClNO/c1-4-17(3,5-6-19)20-15(21)18-10-13-7-14(11-18)9-16(2,8-13)12-18/h13-14H,4-12H2,1-3H3,(H,20,21). The van der Waals surface area contributed by atoms with Crippen LogP contribution in [0.15, 0.2) is 0 Å². The molecule has 4 fully saturated rings. The molecule has 0 aromatic rings. The molecule has 120 valence electrons. The molecular weight excluding hydrogens is 282 g/mol. The molecule has 0 aromatic carbocycles. The minimum absolute atomic E-state index is 0.0679. The highest BCUT2D eigenvalue weighted by Gasteiger charge is 2.59. The van der Waals surface area contributed by atoms with Crippen LogP contribution in [0.2, 0.25) is 0 Å². The SMILES string of the molecule is CCC(C)(CCCl)NC(=O)C12CC3CC(CC(C)(C3)C1)C2. The summed E-state index contributed by atoms with van der Waals surface area (Å²) in [4.78, 5) is 13.1. The normalized spacial score (nSPS) is 43.6. The predicted molar refractivity (Wildman–Crippen MR) is 87.4 cm³/mol. The van der Waals surface area contributed by atoms with Gasteiger partial charge in [-0.25, -0.2) is 0 Å². The number of nitrogens with one attached hydrogen (secondary N) is 1. The van der Waals surface area contributed by atoms with Crippen molar-refractivity contribution in [1.82, 2.24) is 5.32 Å². The van der Waals surface area contributed by atoms with Crippen molar-refractivity contribution >= 4 is 17.5 Å². The molecule has 0 heterocycles. The van der Waals surface area contributed by atoms with Crippen molar-refractivity contribution in [1.29, 1.82) is 0 Å². The molecule has 0 saturated heterocycles. The molecule has 3 unspecified atom stereocenters. The zero-order chi connectivity index (χ0) is 15.3. The third-order valence-corrected chi connectivity index (χ3v) is 6.87. The fourth-order valence-electron chi connectivity index (χ4n) is 5.93. The van der Waals surface area contributed by atoms with E-state index in [4.69, 9.17) is 11.6 Å². The second-order valence-corrected chi connectivity index (χ2v) is 9.24. The van der Waals surface area contributed by atoms with Gasteiger partial charge in [0.05, 0.1) is 5.41 Å². The van der Waals surface area contributed by atoms with Gasteiger partial charge in [0.2, 0.25) is 5.91 Å². The van der Waals surface area contributed by atoms with Gasteiger partial charge in [-0.05, 0) is 75.5 Å². The molecule has 4 aliphatic carbocycles. The summed E-state index contributed by atoms with van der Waals surface area (Å²) in [5.41, 5.74) is 0.223. The summed E-state index contributed by atoms with van der Waals surface area (Å²) in [5, 5.41) is 3.39. The molecule has 0 aliphatic heterocycles. The molecule has 0 aromatic heterocycles. The van der Waals surface area contributed by atoms with Crippen LogP contribution in [0.5, 0.6) is 0 Å². The van der Waals surface area contributed by atoms with Crippen LogP contribution in [0.3, 0.4) is 0 Å². The average Bonchev–Trinajstić information content (AvgIpc) is 2.36. The van der Waals surface area contributed by atoms with E-state index in [9.17, 15) is 4.79 Å². The summed E-state index contributed by atoms with van der Waals surface area (Å²) in [6.07, 6.45) is 9.26. The molecule has 4 saturated carbocycles. The first-order chi connectivity index (χ1) is 9.82. The molecule has 3 heteroatoms. The number of rotatable bonds is 5. The topological polar surface area (TPSA) is 29.1 Å². The molecule has 4 rings (SSSR count). The summed E-state index contributed by atoms with van der Waals surface area (Å²) >= 11 is 5.94. The van der Waals surface area contributed by atoms with Gasteiger partial charge >= 0.3 is 0 Å². The maximum absolute atomic E-state index is 13.1. The minimum Gasteiger partial charge on any atom is -0.350 e. The zero-order valence-electron chi connectivity index (χ0n) is 13.8. The molecule has 1 N–H and O–H groups in total. The fourth-order valence-corrected chi connectivity index (χ4v) is 6.35. The molecular formula is C18H30ClNO. The van der Waals surface area contributed by atoms with E-state index in [0.717, 1.165) is 43.9 Å². The quantitative estimate of drug-likeness (QED) is 0.744. The van der Waals surface area contributed by atoms with E-state index in [2.05, 4.69) is 26.1 Å². The number of hydrogen-bond donors (Lipinski definition) is 1. The summed E-state index contributed by atoms with van der Waals surface area (Å²) in [7, 11) is 0. The molecule has 4 bridgehead atoms. The zero-order valence-corrected chi connectivity index (χ0v) is 14.6. The summed E-state index contributed by atoms with van der Waals surface area (Å²) < 4.78 is 0. The summed E-state index contributed by atoms with van der Waals surface area (Å²) in [6, 6.07) is 0. The van der Waals surface area contributed by atoms with Crippen LogP contribution in [0.1, 0.15) is 72.1 Å². The molecule has 21 heavy (non-hydrogen) atoms. The van der Waals surface area contributed by atoms with Crippen molar-refractivity contribution in [2.45, 2.75) is 77.7 Å². The van der Waals surface area contributed by atoms with Crippen molar-refractivity contribution in [2.75, 3.05) is 5.88 Å². The van der Waals surface area contributed by atoms with Crippen LogP contribution >= 0.6 is 11.6 Å². The van der Waals surface area contributed by atoms with E-state index < -0.39 is 0 Å². The van der Waals surface area contributed by atoms with Gasteiger partial charge in [-0.1, -0.05) is 13.8 Å². The Morgan fingerprint density at radius 2 is 1.90 bits per heavy atom. The number of carbonyl (C=O) groups is 1.